The lowest BCUT2D eigenvalue weighted by atomic mass is 9.86. The Bertz CT molecular complexity index is 1910. The van der Waals surface area contributed by atoms with Crippen LogP contribution >= 0.6 is 11.6 Å². The Labute approximate surface area is 252 Å². The van der Waals surface area contributed by atoms with E-state index in [9.17, 15) is 4.79 Å². The summed E-state index contributed by atoms with van der Waals surface area (Å²) < 4.78 is 22.6. The van der Waals surface area contributed by atoms with E-state index in [2.05, 4.69) is 20.3 Å². The van der Waals surface area contributed by atoms with Crippen LogP contribution in [-0.2, 0) is 6.54 Å². The van der Waals surface area contributed by atoms with E-state index >= 15 is 0 Å². The van der Waals surface area contributed by atoms with Crippen LogP contribution in [0.1, 0.15) is 21.5 Å². The van der Waals surface area contributed by atoms with Crippen LogP contribution in [0.25, 0.3) is 22.2 Å². The van der Waals surface area contributed by atoms with Crippen molar-refractivity contribution in [3.8, 4) is 28.6 Å². The molecule has 43 heavy (non-hydrogen) atoms. The molecule has 0 amide bonds. The minimum Gasteiger partial charge on any atom is -0.496 e. The number of fused-ring (bicyclic) bond motifs is 3. The van der Waals surface area contributed by atoms with Gasteiger partial charge in [-0.1, -0.05) is 41.0 Å². The molecule has 10 heteroatoms. The van der Waals surface area contributed by atoms with Gasteiger partial charge in [0.25, 0.3) is 0 Å². The normalized spacial score (nSPS) is 15.6. The SMILES string of the molecule is COc1ccc(Cl)cc1CN1CCN(c2cc(Nc3ccc4c(c3)OCO4)c3c4c(onc24)-c2ccccc2C3=O)CC1. The number of ketones is 1. The van der Waals surface area contributed by atoms with Crippen molar-refractivity contribution in [1.82, 2.24) is 10.1 Å². The molecular weight excluding hydrogens is 568 g/mol. The molecule has 1 aromatic heterocycles. The number of nitrogens with zero attached hydrogens (tertiary/aromatic N) is 3. The van der Waals surface area contributed by atoms with E-state index in [1.54, 1.807) is 7.11 Å². The lowest BCUT2D eigenvalue weighted by molar-refractivity contribution is 0.104. The highest BCUT2D eigenvalue weighted by Gasteiger charge is 2.34. The maximum absolute atomic E-state index is 14.0. The standard InChI is InChI=1S/C33H27ClN4O5/c1-40-26-8-6-20(34)14-19(26)17-37-10-12-38(13-11-37)25-16-24(35-21-7-9-27-28(15-21)42-18-41-27)29-30-31(25)36-43-33(30)23-5-3-2-4-22(23)32(29)39/h2-9,14-16,35H,10-13,17-18H2,1H3. The van der Waals surface area contributed by atoms with Crippen LogP contribution in [-0.4, -0.2) is 55.9 Å². The van der Waals surface area contributed by atoms with Gasteiger partial charge in [-0.2, -0.15) is 0 Å². The first-order valence-corrected chi connectivity index (χ1v) is 14.5. The third-order valence-electron chi connectivity index (χ3n) is 8.38. The Morgan fingerprint density at radius 3 is 2.60 bits per heavy atom. The summed E-state index contributed by atoms with van der Waals surface area (Å²) in [6.07, 6.45) is 0. The number of aromatic nitrogens is 1. The van der Waals surface area contributed by atoms with E-state index in [-0.39, 0.29) is 12.6 Å². The molecule has 2 aliphatic heterocycles. The Kier molecular flexibility index (Phi) is 6.16. The molecule has 1 aliphatic carbocycles. The first-order valence-electron chi connectivity index (χ1n) is 14.1. The number of ether oxygens (including phenoxy) is 3. The van der Waals surface area contributed by atoms with Gasteiger partial charge in [0.05, 0.1) is 29.4 Å². The largest absolute Gasteiger partial charge is 0.496 e. The zero-order chi connectivity index (χ0) is 29.1. The number of carbonyl (C=O) groups excluding carboxylic acids is 1. The summed E-state index contributed by atoms with van der Waals surface area (Å²) >= 11 is 6.28. The molecule has 1 fully saturated rings. The van der Waals surface area contributed by atoms with Crippen molar-refractivity contribution >= 4 is 45.3 Å². The highest BCUT2D eigenvalue weighted by Crippen LogP contribution is 2.47. The second-order valence-corrected chi connectivity index (χ2v) is 11.3. The maximum atomic E-state index is 14.0. The fourth-order valence-electron chi connectivity index (χ4n) is 6.27. The van der Waals surface area contributed by atoms with Gasteiger partial charge in [-0.3, -0.25) is 9.69 Å². The number of methoxy groups -OCH3 is 1. The first kappa shape index (κ1) is 25.9. The molecule has 0 saturated carbocycles. The van der Waals surface area contributed by atoms with E-state index in [0.717, 1.165) is 66.4 Å². The van der Waals surface area contributed by atoms with Crippen LogP contribution in [0.5, 0.6) is 17.2 Å². The van der Waals surface area contributed by atoms with E-state index in [4.69, 9.17) is 30.3 Å². The quantitative estimate of drug-likeness (QED) is 0.232. The molecule has 9 nitrogen and oxygen atoms in total. The summed E-state index contributed by atoms with van der Waals surface area (Å²) in [5, 5.41) is 9.47. The number of halogens is 1. The van der Waals surface area contributed by atoms with Gasteiger partial charge in [0.1, 0.15) is 11.3 Å². The topological polar surface area (TPSA) is 89.3 Å². The molecule has 4 aromatic carbocycles. The number of hydrogen-bond acceptors (Lipinski definition) is 9. The van der Waals surface area contributed by atoms with Crippen LogP contribution in [0.4, 0.5) is 17.1 Å². The molecule has 216 valence electrons. The molecule has 0 spiro atoms. The highest BCUT2D eigenvalue weighted by molar-refractivity contribution is 6.30. The minimum atomic E-state index is -0.0635. The number of hydrogen-bond donors (Lipinski definition) is 1. The van der Waals surface area contributed by atoms with Crippen molar-refractivity contribution in [2.75, 3.05) is 50.3 Å². The van der Waals surface area contributed by atoms with Crippen molar-refractivity contribution in [2.45, 2.75) is 6.54 Å². The van der Waals surface area contributed by atoms with Crippen molar-refractivity contribution in [3.05, 3.63) is 88.4 Å². The molecule has 3 aliphatic rings. The molecule has 8 rings (SSSR count). The average molecular weight is 595 g/mol. The number of nitrogens with one attached hydrogen (secondary N) is 1. The zero-order valence-electron chi connectivity index (χ0n) is 23.4. The summed E-state index contributed by atoms with van der Waals surface area (Å²) in [4.78, 5) is 18.7. The minimum absolute atomic E-state index is 0.0635. The predicted molar refractivity (Wildman–Crippen MR) is 164 cm³/mol. The van der Waals surface area contributed by atoms with E-state index in [1.807, 2.05) is 66.7 Å². The smallest absolute Gasteiger partial charge is 0.231 e. The Morgan fingerprint density at radius 2 is 1.77 bits per heavy atom. The fourth-order valence-corrected chi connectivity index (χ4v) is 6.46. The van der Waals surface area contributed by atoms with Crippen molar-refractivity contribution in [2.24, 2.45) is 0 Å². The molecule has 0 unspecified atom stereocenters. The lowest BCUT2D eigenvalue weighted by Crippen LogP contribution is -2.46. The molecule has 0 atom stereocenters. The first-order chi connectivity index (χ1) is 21.1. The Hall–Kier alpha value is -4.73. The summed E-state index contributed by atoms with van der Waals surface area (Å²) in [5.41, 5.74) is 6.06. The van der Waals surface area contributed by atoms with Gasteiger partial charge in [0, 0.05) is 66.2 Å². The van der Waals surface area contributed by atoms with E-state index < -0.39 is 0 Å². The summed E-state index contributed by atoms with van der Waals surface area (Å²) in [7, 11) is 1.68. The number of benzene rings is 4. The molecule has 5 aromatic rings. The lowest BCUT2D eigenvalue weighted by Gasteiger charge is -2.36. The van der Waals surface area contributed by atoms with Gasteiger partial charge >= 0.3 is 0 Å². The van der Waals surface area contributed by atoms with Crippen LogP contribution in [0.3, 0.4) is 0 Å². The second kappa shape index (κ2) is 10.2. The zero-order valence-corrected chi connectivity index (χ0v) is 24.1. The van der Waals surface area contributed by atoms with Gasteiger partial charge in [0.15, 0.2) is 23.0 Å². The van der Waals surface area contributed by atoms with Gasteiger partial charge in [-0.25, -0.2) is 0 Å². The monoisotopic (exact) mass is 594 g/mol. The van der Waals surface area contributed by atoms with E-state index in [1.165, 1.54) is 0 Å². The third-order valence-corrected chi connectivity index (χ3v) is 8.61. The summed E-state index contributed by atoms with van der Waals surface area (Å²) in [6, 6.07) is 20.9. The number of rotatable bonds is 6. The highest BCUT2D eigenvalue weighted by atomic mass is 35.5. The predicted octanol–water partition coefficient (Wildman–Crippen LogP) is 6.50. The Balaban J connectivity index is 1.16. The fraction of sp³-hybridized carbons (Fsp3) is 0.212. The van der Waals surface area contributed by atoms with Crippen LogP contribution in [0.15, 0.2) is 71.3 Å². The molecular formula is C33H27ClN4O5. The summed E-state index contributed by atoms with van der Waals surface area (Å²) in [5.74, 6) is 2.74. The third kappa shape index (κ3) is 4.35. The molecule has 1 saturated heterocycles. The van der Waals surface area contributed by atoms with Crippen molar-refractivity contribution in [1.29, 1.82) is 0 Å². The van der Waals surface area contributed by atoms with Gasteiger partial charge < -0.3 is 29.0 Å². The number of piperazine rings is 1. The van der Waals surface area contributed by atoms with E-state index in [0.29, 0.717) is 44.6 Å². The molecule has 0 radical (unpaired) electrons. The summed E-state index contributed by atoms with van der Waals surface area (Å²) in [6.45, 7) is 4.13. The van der Waals surface area contributed by atoms with Crippen LogP contribution < -0.4 is 24.4 Å². The van der Waals surface area contributed by atoms with Gasteiger partial charge in [-0.15, -0.1) is 0 Å². The van der Waals surface area contributed by atoms with Crippen molar-refractivity contribution < 1.29 is 23.5 Å². The second-order valence-electron chi connectivity index (χ2n) is 10.8. The van der Waals surface area contributed by atoms with Crippen LogP contribution in [0.2, 0.25) is 5.02 Å². The number of carbonyl (C=O) groups is 1. The molecule has 3 heterocycles. The van der Waals surface area contributed by atoms with Gasteiger partial charge in [-0.05, 0) is 36.4 Å². The molecule has 0 bridgehead atoms. The van der Waals surface area contributed by atoms with Crippen LogP contribution in [0, 0.1) is 0 Å². The van der Waals surface area contributed by atoms with Crippen molar-refractivity contribution in [3.63, 3.8) is 0 Å². The Morgan fingerprint density at radius 1 is 0.953 bits per heavy atom. The number of anilines is 3. The van der Waals surface area contributed by atoms with Gasteiger partial charge in [0.2, 0.25) is 6.79 Å². The average Bonchev–Trinajstić information content (AvgIpc) is 3.68. The maximum Gasteiger partial charge on any atom is 0.231 e. The molecule has 1 N–H and O–H groups in total.